The topological polar surface area (TPSA) is 84.3 Å². The van der Waals surface area contributed by atoms with E-state index in [9.17, 15) is 13.2 Å². The molecule has 0 bridgehead atoms. The lowest BCUT2D eigenvalue weighted by molar-refractivity contribution is 0.170. The number of piperidine rings is 1. The normalized spacial score (nSPS) is 17.7. The van der Waals surface area contributed by atoms with Crippen LogP contribution in [0.4, 0.5) is 4.79 Å². The summed E-state index contributed by atoms with van der Waals surface area (Å²) in [4.78, 5) is 18.6. The van der Waals surface area contributed by atoms with Crippen molar-refractivity contribution < 1.29 is 13.2 Å². The summed E-state index contributed by atoms with van der Waals surface area (Å²) in [5.74, 6) is 1.04. The van der Waals surface area contributed by atoms with Crippen molar-refractivity contribution in [2.45, 2.75) is 26.3 Å². The molecule has 0 unspecified atom stereocenters. The van der Waals surface area contributed by atoms with Crippen LogP contribution in [-0.4, -0.2) is 54.0 Å². The number of likely N-dealkylation sites (tertiary alicyclic amines) is 1. The summed E-state index contributed by atoms with van der Waals surface area (Å²) in [7, 11) is -3.03. The number of para-hydroxylation sites is 1. The Morgan fingerprint density at radius 1 is 1.33 bits per heavy atom. The van der Waals surface area contributed by atoms with E-state index < -0.39 is 9.84 Å². The number of carbonyl (C=O) groups excluding carboxylic acids is 1. The van der Waals surface area contributed by atoms with Crippen molar-refractivity contribution in [3.63, 3.8) is 0 Å². The molecule has 2 aromatic rings. The fraction of sp³-hybridized carbons (Fsp3) is 0.474. The van der Waals surface area contributed by atoms with E-state index in [0.717, 1.165) is 29.9 Å². The van der Waals surface area contributed by atoms with Gasteiger partial charge in [-0.15, -0.1) is 0 Å². The SMILES string of the molecule is Cc1nccn1-c1ccccc1CNC(=O)N1CCC[C@@H](CS(C)(=O)=O)C1. The third-order valence-corrected chi connectivity index (χ3v) is 5.93. The molecule has 3 rings (SSSR count). The molecule has 2 heterocycles. The summed E-state index contributed by atoms with van der Waals surface area (Å²) in [5.41, 5.74) is 1.98. The van der Waals surface area contributed by atoms with E-state index in [4.69, 9.17) is 0 Å². The Hall–Kier alpha value is -2.35. The van der Waals surface area contributed by atoms with Crippen molar-refractivity contribution in [3.05, 3.63) is 48.0 Å². The van der Waals surface area contributed by atoms with Gasteiger partial charge in [-0.05, 0) is 37.3 Å². The summed E-state index contributed by atoms with van der Waals surface area (Å²) >= 11 is 0. The predicted molar refractivity (Wildman–Crippen MR) is 105 cm³/mol. The molecule has 1 aliphatic rings. The van der Waals surface area contributed by atoms with E-state index in [2.05, 4.69) is 10.3 Å². The Morgan fingerprint density at radius 3 is 2.81 bits per heavy atom. The van der Waals surface area contributed by atoms with Crippen LogP contribution in [-0.2, 0) is 16.4 Å². The molecule has 1 fully saturated rings. The van der Waals surface area contributed by atoms with Crippen molar-refractivity contribution >= 4 is 15.9 Å². The molecule has 0 spiro atoms. The number of hydrogen-bond acceptors (Lipinski definition) is 4. The standard InChI is InChI=1S/C19H26N4O3S/c1-15-20-9-11-23(15)18-8-4-3-7-17(18)12-21-19(24)22-10-5-6-16(13-22)14-27(2,25)26/h3-4,7-9,11,16H,5-6,10,12-14H2,1-2H3,(H,21,24)/t16-/m1/s1. The first-order valence-electron chi connectivity index (χ1n) is 9.12. The largest absolute Gasteiger partial charge is 0.334 e. The Bertz CT molecular complexity index is 907. The number of urea groups is 1. The van der Waals surface area contributed by atoms with Crippen LogP contribution in [0, 0.1) is 12.8 Å². The van der Waals surface area contributed by atoms with Gasteiger partial charge >= 0.3 is 6.03 Å². The number of imidazole rings is 1. The number of rotatable bonds is 5. The average Bonchev–Trinajstić information content (AvgIpc) is 3.04. The lowest BCUT2D eigenvalue weighted by Gasteiger charge is -2.32. The van der Waals surface area contributed by atoms with Gasteiger partial charge in [0.1, 0.15) is 15.7 Å². The molecule has 1 N–H and O–H groups in total. The zero-order chi connectivity index (χ0) is 19.4. The van der Waals surface area contributed by atoms with Gasteiger partial charge in [-0.1, -0.05) is 18.2 Å². The zero-order valence-electron chi connectivity index (χ0n) is 15.8. The molecule has 1 saturated heterocycles. The maximum absolute atomic E-state index is 12.6. The third kappa shape index (κ3) is 5.09. The van der Waals surface area contributed by atoms with Crippen LogP contribution >= 0.6 is 0 Å². The van der Waals surface area contributed by atoms with Gasteiger partial charge in [0, 0.05) is 38.3 Å². The number of amides is 2. The molecule has 0 saturated carbocycles. The fourth-order valence-electron chi connectivity index (χ4n) is 3.62. The van der Waals surface area contributed by atoms with Gasteiger partial charge in [0.05, 0.1) is 11.4 Å². The summed E-state index contributed by atoms with van der Waals surface area (Å²) in [5, 5.41) is 2.98. The first kappa shape index (κ1) is 19.4. The maximum Gasteiger partial charge on any atom is 0.317 e. The summed E-state index contributed by atoms with van der Waals surface area (Å²) in [6.45, 7) is 3.49. The number of nitrogens with zero attached hydrogens (tertiary/aromatic N) is 3. The van der Waals surface area contributed by atoms with Gasteiger partial charge in [0.25, 0.3) is 0 Å². The van der Waals surface area contributed by atoms with Crippen LogP contribution in [0.1, 0.15) is 24.2 Å². The average molecular weight is 391 g/mol. The van der Waals surface area contributed by atoms with E-state index >= 15 is 0 Å². The number of benzene rings is 1. The van der Waals surface area contributed by atoms with Gasteiger partial charge in [-0.3, -0.25) is 0 Å². The minimum atomic E-state index is -3.03. The highest BCUT2D eigenvalue weighted by atomic mass is 32.2. The highest BCUT2D eigenvalue weighted by Gasteiger charge is 2.26. The van der Waals surface area contributed by atoms with E-state index in [0.29, 0.717) is 19.6 Å². The van der Waals surface area contributed by atoms with Crippen molar-refractivity contribution in [1.29, 1.82) is 0 Å². The highest BCUT2D eigenvalue weighted by molar-refractivity contribution is 7.90. The Morgan fingerprint density at radius 2 is 2.11 bits per heavy atom. The zero-order valence-corrected chi connectivity index (χ0v) is 16.6. The Kier molecular flexibility index (Phi) is 5.84. The number of nitrogens with one attached hydrogen (secondary N) is 1. The van der Waals surface area contributed by atoms with Crippen LogP contribution in [0.15, 0.2) is 36.7 Å². The van der Waals surface area contributed by atoms with Crippen LogP contribution < -0.4 is 5.32 Å². The Balaban J connectivity index is 1.64. The molecular weight excluding hydrogens is 364 g/mol. The highest BCUT2D eigenvalue weighted by Crippen LogP contribution is 2.19. The lowest BCUT2D eigenvalue weighted by Crippen LogP contribution is -2.46. The predicted octanol–water partition coefficient (Wildman–Crippen LogP) is 2.15. The summed E-state index contributed by atoms with van der Waals surface area (Å²) in [6, 6.07) is 7.74. The molecule has 0 aliphatic carbocycles. The number of aromatic nitrogens is 2. The minimum absolute atomic E-state index is 0.0142. The van der Waals surface area contributed by atoms with Gasteiger partial charge in [0.15, 0.2) is 0 Å². The maximum atomic E-state index is 12.6. The third-order valence-electron chi connectivity index (χ3n) is 4.85. The molecular formula is C19H26N4O3S. The monoisotopic (exact) mass is 390 g/mol. The molecule has 1 aliphatic heterocycles. The van der Waals surface area contributed by atoms with Crippen LogP contribution in [0.5, 0.6) is 0 Å². The molecule has 146 valence electrons. The van der Waals surface area contributed by atoms with Crippen LogP contribution in [0.2, 0.25) is 0 Å². The van der Waals surface area contributed by atoms with Gasteiger partial charge in [-0.25, -0.2) is 18.2 Å². The second-order valence-corrected chi connectivity index (χ2v) is 9.36. The molecule has 8 heteroatoms. The molecule has 1 atom stereocenters. The lowest BCUT2D eigenvalue weighted by atomic mass is 10.0. The second kappa shape index (κ2) is 8.12. The fourth-order valence-corrected chi connectivity index (χ4v) is 4.75. The Labute approximate surface area is 160 Å². The molecule has 0 radical (unpaired) electrons. The first-order chi connectivity index (χ1) is 12.8. The quantitative estimate of drug-likeness (QED) is 0.848. The van der Waals surface area contributed by atoms with Crippen molar-refractivity contribution in [1.82, 2.24) is 19.8 Å². The molecule has 1 aromatic heterocycles. The van der Waals surface area contributed by atoms with Crippen molar-refractivity contribution in [2.75, 3.05) is 25.1 Å². The number of hydrogen-bond donors (Lipinski definition) is 1. The van der Waals surface area contributed by atoms with E-state index in [1.807, 2.05) is 42.0 Å². The van der Waals surface area contributed by atoms with Gasteiger partial charge in [0.2, 0.25) is 0 Å². The van der Waals surface area contributed by atoms with E-state index in [1.165, 1.54) is 6.26 Å². The number of sulfone groups is 1. The number of carbonyl (C=O) groups is 1. The van der Waals surface area contributed by atoms with Gasteiger partial charge in [-0.2, -0.15) is 0 Å². The molecule has 2 amide bonds. The summed E-state index contributed by atoms with van der Waals surface area (Å²) < 4.78 is 25.1. The molecule has 1 aromatic carbocycles. The van der Waals surface area contributed by atoms with Crippen molar-refractivity contribution in [3.8, 4) is 5.69 Å². The first-order valence-corrected chi connectivity index (χ1v) is 11.2. The molecule has 27 heavy (non-hydrogen) atoms. The number of aryl methyl sites for hydroxylation is 1. The minimum Gasteiger partial charge on any atom is -0.334 e. The van der Waals surface area contributed by atoms with Crippen LogP contribution in [0.25, 0.3) is 5.69 Å². The smallest absolute Gasteiger partial charge is 0.317 e. The van der Waals surface area contributed by atoms with Crippen molar-refractivity contribution in [2.24, 2.45) is 5.92 Å². The summed E-state index contributed by atoms with van der Waals surface area (Å²) in [6.07, 6.45) is 6.58. The second-order valence-electron chi connectivity index (χ2n) is 7.18. The van der Waals surface area contributed by atoms with Gasteiger partial charge < -0.3 is 14.8 Å². The van der Waals surface area contributed by atoms with E-state index in [-0.39, 0.29) is 17.7 Å². The van der Waals surface area contributed by atoms with E-state index in [1.54, 1.807) is 11.1 Å². The molecule has 7 nitrogen and oxygen atoms in total. The van der Waals surface area contributed by atoms with Crippen LogP contribution in [0.3, 0.4) is 0 Å².